The summed E-state index contributed by atoms with van der Waals surface area (Å²) in [6, 6.07) is 87.6. The third-order valence-corrected chi connectivity index (χ3v) is 16.6. The highest BCUT2D eigenvalue weighted by atomic mass is 14.1. The molecule has 15 aromatic rings. The smallest absolute Gasteiger partial charge is 0.0146 e. The Hall–Kier alpha value is -9.10. The number of hydrogen-bond acceptors (Lipinski definition) is 0. The number of hydrogen-bond donors (Lipinski definition) is 0. The molecule has 0 saturated heterocycles. The summed E-state index contributed by atoms with van der Waals surface area (Å²) < 4.78 is 0. The second-order valence-corrected chi connectivity index (χ2v) is 22.2. The molecule has 15 aromatic carbocycles. The van der Waals surface area contributed by atoms with Crippen molar-refractivity contribution >= 4 is 108 Å². The van der Waals surface area contributed by atoms with Gasteiger partial charge in [0.1, 0.15) is 0 Å². The van der Waals surface area contributed by atoms with Crippen molar-refractivity contribution in [2.75, 3.05) is 0 Å². The van der Waals surface area contributed by atoms with Crippen LogP contribution in [0.15, 0.2) is 243 Å². The molecule has 0 aliphatic carbocycles. The Morgan fingerprint density at radius 2 is 0.412 bits per heavy atom. The van der Waals surface area contributed by atoms with E-state index < -0.39 is 0 Å². The largest absolute Gasteiger partial charge is 0.0616 e. The lowest BCUT2D eigenvalue weighted by Gasteiger charge is -2.11. The van der Waals surface area contributed by atoms with Gasteiger partial charge in [-0.25, -0.2) is 0 Å². The molecule has 0 bridgehead atoms. The maximum atomic E-state index is 2.30. The van der Waals surface area contributed by atoms with Crippen molar-refractivity contribution in [3.05, 3.63) is 298 Å². The average molecular weight is 1030 g/mol. The molecule has 0 nitrogen and oxygen atoms in total. The standard InChI is InChI=1S/5C16H14/c1-11-3-5-13-10-16-8-12(2)4-6-14(16)9-15(13)7-11;1-11-5-3-7-13-10-16-12(2)6-4-8-14(16)9-15(11)13;1-11-13-7-3-5-9-15(13)12(2)16-10-6-4-8-14(11)16;1-11-6-5-9-15-12(2)14-8-4-3-7-13(14)10-16(11)15;1-11-7-8-12(2)16-10-14-6-4-3-5-13(14)9-15(11)16/h5*3-10H,1-2H3. The van der Waals surface area contributed by atoms with E-state index in [0.29, 0.717) is 0 Å². The van der Waals surface area contributed by atoms with Gasteiger partial charge in [0.25, 0.3) is 0 Å². The van der Waals surface area contributed by atoms with Crippen LogP contribution in [0, 0.1) is 69.2 Å². The Labute approximate surface area is 472 Å². The molecule has 0 aromatic heterocycles. The first-order valence-corrected chi connectivity index (χ1v) is 28.2. The van der Waals surface area contributed by atoms with E-state index in [-0.39, 0.29) is 0 Å². The molecule has 390 valence electrons. The highest BCUT2D eigenvalue weighted by molar-refractivity contribution is 6.07. The summed E-state index contributed by atoms with van der Waals surface area (Å²) in [5.41, 5.74) is 13.6. The lowest BCUT2D eigenvalue weighted by molar-refractivity contribution is 1.47. The van der Waals surface area contributed by atoms with Crippen LogP contribution in [0.3, 0.4) is 0 Å². The van der Waals surface area contributed by atoms with E-state index in [1.807, 2.05) is 0 Å². The van der Waals surface area contributed by atoms with Gasteiger partial charge in [-0.1, -0.05) is 211 Å². The maximum Gasteiger partial charge on any atom is -0.0146 e. The molecule has 0 aliphatic heterocycles. The second kappa shape index (κ2) is 22.7. The van der Waals surface area contributed by atoms with Crippen LogP contribution in [0.1, 0.15) is 55.6 Å². The van der Waals surface area contributed by atoms with Crippen molar-refractivity contribution in [3.63, 3.8) is 0 Å². The SMILES string of the molecule is Cc1c2ccccc2c(C)c2ccccc12.Cc1ccc(C)c2cc3ccccc3cc12.Cc1ccc2cc3cc(C)ccc3cc2c1.Cc1cccc2c(C)c3ccccc3cc12.Cc1cccc2cc3c(C)cccc3cc12. The Bertz CT molecular complexity index is 4440. The van der Waals surface area contributed by atoms with Crippen molar-refractivity contribution in [1.82, 2.24) is 0 Å². The van der Waals surface area contributed by atoms with Crippen molar-refractivity contribution in [2.45, 2.75) is 69.2 Å². The van der Waals surface area contributed by atoms with Gasteiger partial charge in [0.15, 0.2) is 0 Å². The molecule has 0 heteroatoms. The van der Waals surface area contributed by atoms with Gasteiger partial charge in [-0.2, -0.15) is 0 Å². The fourth-order valence-corrected chi connectivity index (χ4v) is 12.0. The van der Waals surface area contributed by atoms with Gasteiger partial charge in [-0.05, 0) is 264 Å². The van der Waals surface area contributed by atoms with Crippen LogP contribution in [-0.4, -0.2) is 0 Å². The minimum atomic E-state index is 1.32. The molecule has 0 N–H and O–H groups in total. The van der Waals surface area contributed by atoms with E-state index in [1.165, 1.54) is 163 Å². The van der Waals surface area contributed by atoms with E-state index >= 15 is 0 Å². The molecule has 0 fully saturated rings. The summed E-state index contributed by atoms with van der Waals surface area (Å²) in [6.45, 7) is 21.8. The summed E-state index contributed by atoms with van der Waals surface area (Å²) >= 11 is 0. The molecule has 0 aliphatic rings. The van der Waals surface area contributed by atoms with Crippen LogP contribution < -0.4 is 0 Å². The first-order chi connectivity index (χ1) is 38.8. The van der Waals surface area contributed by atoms with Gasteiger partial charge in [-0.15, -0.1) is 0 Å². The predicted molar refractivity (Wildman–Crippen MR) is 355 cm³/mol. The zero-order valence-electron chi connectivity index (χ0n) is 48.1. The normalized spacial score (nSPS) is 11.1. The van der Waals surface area contributed by atoms with Crippen molar-refractivity contribution in [2.24, 2.45) is 0 Å². The first kappa shape index (κ1) is 52.9. The Morgan fingerprint density at radius 1 is 0.150 bits per heavy atom. The third kappa shape index (κ3) is 10.7. The van der Waals surface area contributed by atoms with Crippen LogP contribution in [-0.2, 0) is 0 Å². The Balaban J connectivity index is 0.000000105. The van der Waals surface area contributed by atoms with Crippen molar-refractivity contribution < 1.29 is 0 Å². The molecule has 80 heavy (non-hydrogen) atoms. The molecule has 0 atom stereocenters. The van der Waals surface area contributed by atoms with Crippen molar-refractivity contribution in [3.8, 4) is 0 Å². The zero-order valence-corrected chi connectivity index (χ0v) is 48.1. The molecule has 0 radical (unpaired) electrons. The van der Waals surface area contributed by atoms with Crippen LogP contribution in [0.4, 0.5) is 0 Å². The maximum absolute atomic E-state index is 2.30. The van der Waals surface area contributed by atoms with Crippen LogP contribution >= 0.6 is 0 Å². The number of aryl methyl sites for hydroxylation is 10. The quantitative estimate of drug-likeness (QED) is 0.133. The van der Waals surface area contributed by atoms with Gasteiger partial charge in [-0.3, -0.25) is 0 Å². The lowest BCUT2D eigenvalue weighted by atomic mass is 9.93. The monoisotopic (exact) mass is 1030 g/mol. The van der Waals surface area contributed by atoms with Gasteiger partial charge < -0.3 is 0 Å². The molecule has 0 amide bonds. The molecule has 0 unspecified atom stereocenters. The van der Waals surface area contributed by atoms with E-state index in [2.05, 4.69) is 312 Å². The minimum Gasteiger partial charge on any atom is -0.0616 e. The van der Waals surface area contributed by atoms with E-state index in [9.17, 15) is 0 Å². The van der Waals surface area contributed by atoms with Crippen LogP contribution in [0.5, 0.6) is 0 Å². The van der Waals surface area contributed by atoms with Gasteiger partial charge in [0, 0.05) is 0 Å². The second-order valence-electron chi connectivity index (χ2n) is 22.2. The molecule has 0 spiro atoms. The third-order valence-electron chi connectivity index (χ3n) is 16.6. The fraction of sp³-hybridized carbons (Fsp3) is 0.125. The van der Waals surface area contributed by atoms with Gasteiger partial charge in [0.05, 0.1) is 0 Å². The molecular formula is C80H70. The van der Waals surface area contributed by atoms with E-state index in [1.54, 1.807) is 0 Å². The van der Waals surface area contributed by atoms with E-state index in [4.69, 9.17) is 0 Å². The van der Waals surface area contributed by atoms with Crippen LogP contribution in [0.2, 0.25) is 0 Å². The number of fused-ring (bicyclic) bond motifs is 10. The van der Waals surface area contributed by atoms with E-state index in [0.717, 1.165) is 0 Å². The first-order valence-electron chi connectivity index (χ1n) is 28.2. The summed E-state index contributed by atoms with van der Waals surface area (Å²) in [6.07, 6.45) is 0. The summed E-state index contributed by atoms with van der Waals surface area (Å²) in [7, 11) is 0. The fourth-order valence-electron chi connectivity index (χ4n) is 12.0. The number of benzene rings is 15. The summed E-state index contributed by atoms with van der Waals surface area (Å²) in [5.74, 6) is 0. The average Bonchev–Trinajstić information content (AvgIpc) is 3.48. The topological polar surface area (TPSA) is 0 Å². The Morgan fingerprint density at radius 3 is 0.863 bits per heavy atom. The van der Waals surface area contributed by atoms with Gasteiger partial charge >= 0.3 is 0 Å². The minimum absolute atomic E-state index is 1.32. The van der Waals surface area contributed by atoms with Crippen LogP contribution in [0.25, 0.3) is 108 Å². The molecule has 0 heterocycles. The predicted octanol–water partition coefficient (Wildman–Crippen LogP) is 23.0. The highest BCUT2D eigenvalue weighted by Crippen LogP contribution is 2.34. The molecule has 15 rings (SSSR count). The molecule has 0 saturated carbocycles. The van der Waals surface area contributed by atoms with Gasteiger partial charge in [0.2, 0.25) is 0 Å². The molecular weight excluding hydrogens is 961 g/mol. The highest BCUT2D eigenvalue weighted by Gasteiger charge is 2.09. The van der Waals surface area contributed by atoms with Crippen molar-refractivity contribution in [1.29, 1.82) is 0 Å². The lowest BCUT2D eigenvalue weighted by Crippen LogP contribution is -1.87. The summed E-state index contributed by atoms with van der Waals surface area (Å²) in [4.78, 5) is 0. The zero-order chi connectivity index (χ0) is 55.6. The Kier molecular flexibility index (Phi) is 15.0. The summed E-state index contributed by atoms with van der Waals surface area (Å²) in [5, 5.41) is 27.0. The number of rotatable bonds is 0.